The number of hydrogen-bond donors (Lipinski definition) is 1. The van der Waals surface area contributed by atoms with Gasteiger partial charge in [0.2, 0.25) is 0 Å². The number of aliphatic hydroxyl groups is 1. The van der Waals surface area contributed by atoms with E-state index in [-0.39, 0.29) is 0 Å². The number of aliphatic hydroxyl groups excluding tert-OH is 1. The Labute approximate surface area is 77.2 Å². The fraction of sp³-hybridized carbons (Fsp3) is 1.00. The van der Waals surface area contributed by atoms with Crippen LogP contribution < -0.4 is 0 Å². The van der Waals surface area contributed by atoms with Crippen molar-refractivity contribution in [3.05, 3.63) is 0 Å². The Bertz CT molecular complexity index is 99.2. The van der Waals surface area contributed by atoms with Gasteiger partial charge < -0.3 is 5.11 Å². The Balaban J connectivity index is 3.40. The van der Waals surface area contributed by atoms with Crippen LogP contribution in [0.25, 0.3) is 0 Å². The lowest BCUT2D eigenvalue weighted by Crippen LogP contribution is -2.07. The van der Waals surface area contributed by atoms with Gasteiger partial charge in [-0.1, -0.05) is 40.5 Å². The average molecular weight is 172 g/mol. The average Bonchev–Trinajstić information content (AvgIpc) is 2.00. The van der Waals surface area contributed by atoms with Gasteiger partial charge in [0.25, 0.3) is 0 Å². The normalized spacial score (nSPS) is 16.5. The van der Waals surface area contributed by atoms with E-state index in [1.54, 1.807) is 0 Å². The maximum atomic E-state index is 8.71. The quantitative estimate of drug-likeness (QED) is 0.653. The molecule has 0 aliphatic rings. The molecule has 74 valence electrons. The molecule has 0 aliphatic carbocycles. The van der Waals surface area contributed by atoms with E-state index in [2.05, 4.69) is 27.7 Å². The highest BCUT2D eigenvalue weighted by Crippen LogP contribution is 2.20. The van der Waals surface area contributed by atoms with Crippen LogP contribution in [0.3, 0.4) is 0 Å². The van der Waals surface area contributed by atoms with Gasteiger partial charge in [-0.05, 0) is 24.2 Å². The fourth-order valence-electron chi connectivity index (χ4n) is 1.25. The van der Waals surface area contributed by atoms with Gasteiger partial charge in [0.05, 0.1) is 0 Å². The second kappa shape index (κ2) is 6.47. The minimum Gasteiger partial charge on any atom is -0.396 e. The maximum absolute atomic E-state index is 8.71. The van der Waals surface area contributed by atoms with Crippen molar-refractivity contribution < 1.29 is 5.11 Å². The van der Waals surface area contributed by atoms with Crippen LogP contribution in [0.1, 0.15) is 47.0 Å². The van der Waals surface area contributed by atoms with E-state index in [0.29, 0.717) is 12.5 Å². The molecule has 0 aromatic rings. The summed E-state index contributed by atoms with van der Waals surface area (Å²) in [5, 5.41) is 8.71. The Hall–Kier alpha value is -0.0400. The van der Waals surface area contributed by atoms with Crippen LogP contribution in [0.5, 0.6) is 0 Å². The van der Waals surface area contributed by atoms with Gasteiger partial charge in [-0.15, -0.1) is 0 Å². The van der Waals surface area contributed by atoms with Gasteiger partial charge in [-0.25, -0.2) is 0 Å². The smallest absolute Gasteiger partial charge is 0.0433 e. The Morgan fingerprint density at radius 1 is 0.917 bits per heavy atom. The zero-order chi connectivity index (χ0) is 9.56. The monoisotopic (exact) mass is 172 g/mol. The van der Waals surface area contributed by atoms with E-state index in [1.165, 1.54) is 12.8 Å². The van der Waals surface area contributed by atoms with Crippen LogP contribution in [-0.2, 0) is 0 Å². The zero-order valence-electron chi connectivity index (χ0n) is 9.01. The number of hydrogen-bond acceptors (Lipinski definition) is 1. The Morgan fingerprint density at radius 3 is 1.92 bits per heavy atom. The summed E-state index contributed by atoms with van der Waals surface area (Å²) >= 11 is 0. The predicted molar refractivity (Wildman–Crippen MR) is 54.1 cm³/mol. The van der Waals surface area contributed by atoms with Crippen LogP contribution in [-0.4, -0.2) is 11.7 Å². The third kappa shape index (κ3) is 5.59. The fourth-order valence-corrected chi connectivity index (χ4v) is 1.25. The molecule has 0 heterocycles. The van der Waals surface area contributed by atoms with E-state index in [9.17, 15) is 0 Å². The van der Waals surface area contributed by atoms with Gasteiger partial charge >= 0.3 is 0 Å². The number of rotatable bonds is 6. The summed E-state index contributed by atoms with van der Waals surface area (Å²) in [7, 11) is 0. The highest BCUT2D eigenvalue weighted by molar-refractivity contribution is 4.60. The third-order valence-corrected chi connectivity index (χ3v) is 2.87. The Kier molecular flexibility index (Phi) is 6.45. The van der Waals surface area contributed by atoms with Crippen LogP contribution in [0.2, 0.25) is 0 Å². The van der Waals surface area contributed by atoms with Crippen molar-refractivity contribution in [1.29, 1.82) is 0 Å². The molecular weight excluding hydrogens is 148 g/mol. The SMILES string of the molecule is CC(CCO)CCC(C)C(C)C. The van der Waals surface area contributed by atoms with Gasteiger partial charge in [0, 0.05) is 6.61 Å². The van der Waals surface area contributed by atoms with Crippen molar-refractivity contribution in [2.45, 2.75) is 47.0 Å². The van der Waals surface area contributed by atoms with E-state index in [0.717, 1.165) is 18.3 Å². The first kappa shape index (κ1) is 12.0. The van der Waals surface area contributed by atoms with E-state index in [1.807, 2.05) is 0 Å². The van der Waals surface area contributed by atoms with Crippen LogP contribution in [0.4, 0.5) is 0 Å². The van der Waals surface area contributed by atoms with E-state index >= 15 is 0 Å². The minimum absolute atomic E-state index is 0.344. The molecular formula is C11H24O. The van der Waals surface area contributed by atoms with Crippen molar-refractivity contribution in [2.24, 2.45) is 17.8 Å². The summed E-state index contributed by atoms with van der Waals surface area (Å²) in [6.07, 6.45) is 3.53. The zero-order valence-corrected chi connectivity index (χ0v) is 9.01. The van der Waals surface area contributed by atoms with Crippen LogP contribution in [0.15, 0.2) is 0 Å². The summed E-state index contributed by atoms with van der Waals surface area (Å²) in [5.74, 6) is 2.31. The molecule has 0 aromatic carbocycles. The lowest BCUT2D eigenvalue weighted by atomic mass is 9.89. The molecule has 0 bridgehead atoms. The molecule has 0 saturated carbocycles. The van der Waals surface area contributed by atoms with Crippen molar-refractivity contribution in [2.75, 3.05) is 6.61 Å². The summed E-state index contributed by atoms with van der Waals surface area (Å²) in [6.45, 7) is 9.44. The van der Waals surface area contributed by atoms with Crippen molar-refractivity contribution in [3.63, 3.8) is 0 Å². The molecule has 0 saturated heterocycles. The summed E-state index contributed by atoms with van der Waals surface area (Å²) in [6, 6.07) is 0. The standard InChI is InChI=1S/C11H24O/c1-9(2)11(4)6-5-10(3)7-8-12/h9-12H,5-8H2,1-4H3. The van der Waals surface area contributed by atoms with Gasteiger partial charge in [-0.3, -0.25) is 0 Å². The van der Waals surface area contributed by atoms with Crippen LogP contribution >= 0.6 is 0 Å². The van der Waals surface area contributed by atoms with Gasteiger partial charge in [-0.2, -0.15) is 0 Å². The second-order valence-electron chi connectivity index (χ2n) is 4.42. The summed E-state index contributed by atoms with van der Waals surface area (Å²) < 4.78 is 0. The molecule has 1 N–H and O–H groups in total. The van der Waals surface area contributed by atoms with Crippen molar-refractivity contribution in [3.8, 4) is 0 Å². The summed E-state index contributed by atoms with van der Waals surface area (Å²) in [5.41, 5.74) is 0. The molecule has 2 unspecified atom stereocenters. The molecule has 0 radical (unpaired) electrons. The highest BCUT2D eigenvalue weighted by Gasteiger charge is 2.09. The lowest BCUT2D eigenvalue weighted by Gasteiger charge is -2.17. The molecule has 2 atom stereocenters. The van der Waals surface area contributed by atoms with Gasteiger partial charge in [0.15, 0.2) is 0 Å². The lowest BCUT2D eigenvalue weighted by molar-refractivity contribution is 0.249. The molecule has 0 aromatic heterocycles. The molecule has 0 amide bonds. The third-order valence-electron chi connectivity index (χ3n) is 2.87. The summed E-state index contributed by atoms with van der Waals surface area (Å²) in [4.78, 5) is 0. The molecule has 12 heavy (non-hydrogen) atoms. The van der Waals surface area contributed by atoms with E-state index < -0.39 is 0 Å². The topological polar surface area (TPSA) is 20.2 Å². The molecule has 0 fully saturated rings. The second-order valence-corrected chi connectivity index (χ2v) is 4.42. The van der Waals surface area contributed by atoms with Crippen molar-refractivity contribution >= 4 is 0 Å². The Morgan fingerprint density at radius 2 is 1.50 bits per heavy atom. The molecule has 1 heteroatoms. The first-order valence-electron chi connectivity index (χ1n) is 5.18. The van der Waals surface area contributed by atoms with E-state index in [4.69, 9.17) is 5.11 Å². The van der Waals surface area contributed by atoms with Crippen LogP contribution in [0, 0.1) is 17.8 Å². The molecule has 0 aliphatic heterocycles. The molecule has 0 rings (SSSR count). The van der Waals surface area contributed by atoms with Gasteiger partial charge in [0.1, 0.15) is 0 Å². The van der Waals surface area contributed by atoms with Crippen molar-refractivity contribution in [1.82, 2.24) is 0 Å². The minimum atomic E-state index is 0.344. The molecule has 0 spiro atoms. The highest BCUT2D eigenvalue weighted by atomic mass is 16.2. The first-order chi connectivity index (χ1) is 5.57. The maximum Gasteiger partial charge on any atom is 0.0433 e. The largest absolute Gasteiger partial charge is 0.396 e. The molecule has 1 nitrogen and oxygen atoms in total. The predicted octanol–water partition coefficient (Wildman–Crippen LogP) is 3.08. The first-order valence-corrected chi connectivity index (χ1v) is 5.18.